The van der Waals surface area contributed by atoms with E-state index in [0.29, 0.717) is 5.92 Å². The van der Waals surface area contributed by atoms with Crippen LogP contribution in [0, 0.1) is 13.8 Å². The maximum Gasteiger partial charge on any atom is -0.0219 e. The van der Waals surface area contributed by atoms with Gasteiger partial charge in [-0.05, 0) is 43.4 Å². The summed E-state index contributed by atoms with van der Waals surface area (Å²) >= 11 is 0. The van der Waals surface area contributed by atoms with Crippen molar-refractivity contribution in [3.8, 4) is 0 Å². The van der Waals surface area contributed by atoms with Crippen LogP contribution < -0.4 is 0 Å². The van der Waals surface area contributed by atoms with Gasteiger partial charge >= 0.3 is 0 Å². The summed E-state index contributed by atoms with van der Waals surface area (Å²) < 4.78 is 0. The zero-order valence-electron chi connectivity index (χ0n) is 12.1. The lowest BCUT2D eigenvalue weighted by Crippen LogP contribution is -1.89. The van der Waals surface area contributed by atoms with Gasteiger partial charge in [-0.3, -0.25) is 0 Å². The van der Waals surface area contributed by atoms with Crippen LogP contribution in [0.25, 0.3) is 0 Å². The van der Waals surface area contributed by atoms with Gasteiger partial charge in [0.25, 0.3) is 0 Å². The fraction of sp³-hybridized carbons (Fsp3) is 0.500. The zero-order valence-corrected chi connectivity index (χ0v) is 12.1. The van der Waals surface area contributed by atoms with Crippen LogP contribution in [0.5, 0.6) is 0 Å². The molecule has 0 heterocycles. The van der Waals surface area contributed by atoms with Crippen LogP contribution in [-0.4, -0.2) is 0 Å². The first kappa shape index (κ1) is 17.4. The van der Waals surface area contributed by atoms with E-state index in [1.807, 2.05) is 20.8 Å². The molecule has 0 unspecified atom stereocenters. The minimum Gasteiger partial charge on any atom is -0.103 e. The molecule has 0 spiro atoms. The summed E-state index contributed by atoms with van der Waals surface area (Å²) in [5, 5.41) is 0. The van der Waals surface area contributed by atoms with Gasteiger partial charge in [0.2, 0.25) is 0 Å². The molecule has 0 N–H and O–H groups in total. The molecule has 0 radical (unpaired) electrons. The molecule has 92 valence electrons. The first-order valence-corrected chi connectivity index (χ1v) is 6.17. The topological polar surface area (TPSA) is 0 Å². The van der Waals surface area contributed by atoms with Gasteiger partial charge in [-0.15, -0.1) is 6.58 Å². The van der Waals surface area contributed by atoms with Crippen molar-refractivity contribution < 1.29 is 0 Å². The molecule has 1 aromatic rings. The summed E-state index contributed by atoms with van der Waals surface area (Å²) in [6.45, 7) is 18.0. The van der Waals surface area contributed by atoms with Crippen molar-refractivity contribution in [2.45, 2.75) is 54.4 Å². The summed E-state index contributed by atoms with van der Waals surface area (Å²) in [4.78, 5) is 0. The third-order valence-electron chi connectivity index (χ3n) is 2.20. The molecular weight excluding hydrogens is 192 g/mol. The van der Waals surface area contributed by atoms with Crippen molar-refractivity contribution in [1.82, 2.24) is 0 Å². The average molecular weight is 220 g/mol. The summed E-state index contributed by atoms with van der Waals surface area (Å²) in [7, 11) is 0. The molecule has 0 aromatic heterocycles. The van der Waals surface area contributed by atoms with Crippen molar-refractivity contribution in [3.05, 3.63) is 47.5 Å². The van der Waals surface area contributed by atoms with Crippen LogP contribution in [0.4, 0.5) is 0 Å². The maximum absolute atomic E-state index is 3.36. The van der Waals surface area contributed by atoms with Gasteiger partial charge in [0, 0.05) is 0 Å². The van der Waals surface area contributed by atoms with E-state index in [2.05, 4.69) is 52.5 Å². The lowest BCUT2D eigenvalue weighted by atomic mass is 9.99. The van der Waals surface area contributed by atoms with Gasteiger partial charge in [0.1, 0.15) is 0 Å². The molecule has 0 amide bonds. The number of rotatable bonds is 1. The molecule has 0 bridgehead atoms. The number of benzene rings is 1. The molecule has 1 aromatic carbocycles. The van der Waals surface area contributed by atoms with Gasteiger partial charge in [0.15, 0.2) is 0 Å². The second kappa shape index (κ2) is 10.5. The highest BCUT2D eigenvalue weighted by Crippen LogP contribution is 2.17. The molecule has 1 rings (SSSR count). The Morgan fingerprint density at radius 2 is 1.50 bits per heavy atom. The molecule has 0 nitrogen and oxygen atoms in total. The average Bonchev–Trinajstić information content (AvgIpc) is 2.26. The highest BCUT2D eigenvalue weighted by molar-refractivity contribution is 5.31. The molecule has 0 saturated heterocycles. The second-order valence-electron chi connectivity index (χ2n) is 3.91. The lowest BCUT2D eigenvalue weighted by Gasteiger charge is -2.07. The van der Waals surface area contributed by atoms with Crippen molar-refractivity contribution in [3.63, 3.8) is 0 Å². The summed E-state index contributed by atoms with van der Waals surface area (Å²) in [6, 6.07) is 6.69. The van der Waals surface area contributed by atoms with Crippen LogP contribution in [0.2, 0.25) is 0 Å². The van der Waals surface area contributed by atoms with E-state index in [9.17, 15) is 0 Å². The van der Waals surface area contributed by atoms with Crippen LogP contribution in [0.3, 0.4) is 0 Å². The largest absolute Gasteiger partial charge is 0.103 e. The van der Waals surface area contributed by atoms with Gasteiger partial charge < -0.3 is 0 Å². The highest BCUT2D eigenvalue weighted by Gasteiger charge is 1.99. The Morgan fingerprint density at radius 3 is 1.81 bits per heavy atom. The predicted octanol–water partition coefficient (Wildman–Crippen LogP) is 5.65. The molecule has 0 heteroatoms. The summed E-state index contributed by atoms with van der Waals surface area (Å²) in [5.41, 5.74) is 4.22. The summed E-state index contributed by atoms with van der Waals surface area (Å²) in [5.74, 6) is 0.647. The molecule has 0 aliphatic carbocycles. The van der Waals surface area contributed by atoms with Crippen molar-refractivity contribution in [2.75, 3.05) is 0 Å². The van der Waals surface area contributed by atoms with Gasteiger partial charge in [-0.2, -0.15) is 0 Å². The van der Waals surface area contributed by atoms with E-state index in [1.165, 1.54) is 16.7 Å². The van der Waals surface area contributed by atoms with Crippen LogP contribution in [0.15, 0.2) is 30.9 Å². The fourth-order valence-corrected chi connectivity index (χ4v) is 1.12. The smallest absolute Gasteiger partial charge is 0.0219 e. The molecule has 16 heavy (non-hydrogen) atoms. The van der Waals surface area contributed by atoms with Crippen molar-refractivity contribution in [1.29, 1.82) is 0 Å². The standard InChI is InChI=1S/C11H16.C3H6.C2H6/c1-8(2)11-6-5-9(3)10(4)7-11;1-3-2;1-2/h5-8H,1-4H3;3H,1H2,2H3;1-2H3. The quantitative estimate of drug-likeness (QED) is 0.537. The monoisotopic (exact) mass is 220 g/mol. The highest BCUT2D eigenvalue weighted by atomic mass is 14.0. The minimum atomic E-state index is 0.647. The Balaban J connectivity index is 0. The van der Waals surface area contributed by atoms with E-state index in [1.54, 1.807) is 6.08 Å². The Hall–Kier alpha value is -1.04. The van der Waals surface area contributed by atoms with Crippen LogP contribution in [-0.2, 0) is 0 Å². The van der Waals surface area contributed by atoms with Gasteiger partial charge in [-0.25, -0.2) is 0 Å². The number of hydrogen-bond acceptors (Lipinski definition) is 0. The van der Waals surface area contributed by atoms with E-state index in [4.69, 9.17) is 0 Å². The minimum absolute atomic E-state index is 0.647. The predicted molar refractivity (Wildman–Crippen MR) is 77.2 cm³/mol. The van der Waals surface area contributed by atoms with E-state index in [-0.39, 0.29) is 0 Å². The first-order chi connectivity index (χ1) is 7.52. The number of allylic oxidation sites excluding steroid dienone is 1. The first-order valence-electron chi connectivity index (χ1n) is 6.17. The molecular formula is C16H28. The molecule has 0 aliphatic heterocycles. The zero-order chi connectivity index (χ0) is 13.1. The van der Waals surface area contributed by atoms with Crippen LogP contribution >= 0.6 is 0 Å². The molecule has 0 atom stereocenters. The van der Waals surface area contributed by atoms with Crippen molar-refractivity contribution >= 4 is 0 Å². The van der Waals surface area contributed by atoms with Gasteiger partial charge in [-0.1, -0.05) is 52.0 Å². The Kier molecular flexibility index (Phi) is 11.4. The summed E-state index contributed by atoms with van der Waals surface area (Å²) in [6.07, 6.45) is 1.75. The molecule has 0 saturated carbocycles. The Morgan fingerprint density at radius 1 is 1.06 bits per heavy atom. The third kappa shape index (κ3) is 7.28. The Bertz CT molecular complexity index is 282. The fourth-order valence-electron chi connectivity index (χ4n) is 1.12. The molecule has 0 aliphatic rings. The van der Waals surface area contributed by atoms with Crippen molar-refractivity contribution in [2.24, 2.45) is 0 Å². The Labute approximate surface area is 102 Å². The van der Waals surface area contributed by atoms with Gasteiger partial charge in [0.05, 0.1) is 0 Å². The third-order valence-corrected chi connectivity index (χ3v) is 2.20. The van der Waals surface area contributed by atoms with E-state index < -0.39 is 0 Å². The van der Waals surface area contributed by atoms with Crippen LogP contribution in [0.1, 0.15) is 57.2 Å². The second-order valence-corrected chi connectivity index (χ2v) is 3.91. The number of hydrogen-bond donors (Lipinski definition) is 0. The molecule has 0 fully saturated rings. The van der Waals surface area contributed by atoms with E-state index in [0.717, 1.165) is 0 Å². The maximum atomic E-state index is 3.36. The van der Waals surface area contributed by atoms with E-state index >= 15 is 0 Å². The number of aryl methyl sites for hydroxylation is 2. The lowest BCUT2D eigenvalue weighted by molar-refractivity contribution is 0.864. The normalized spacial score (nSPS) is 8.50. The SMILES string of the molecule is C=CC.CC.Cc1ccc(C(C)C)cc1C.